The van der Waals surface area contributed by atoms with Gasteiger partial charge in [0.15, 0.2) is 17.4 Å². The number of carbonyl (C=O) groups excluding carboxylic acids is 1. The van der Waals surface area contributed by atoms with Gasteiger partial charge in [-0.1, -0.05) is 0 Å². The number of nitrogens with one attached hydrogen (secondary N) is 1. The average Bonchev–Trinajstić information content (AvgIpc) is 2.27. The molecule has 0 saturated heterocycles. The largest absolute Gasteiger partial charge is 0.491 e. The van der Waals surface area contributed by atoms with Gasteiger partial charge in [0, 0.05) is 24.2 Å². The van der Waals surface area contributed by atoms with E-state index in [1.165, 1.54) is 13.8 Å². The second-order valence-electron chi connectivity index (χ2n) is 4.89. The van der Waals surface area contributed by atoms with Crippen molar-refractivity contribution in [2.45, 2.75) is 20.3 Å². The van der Waals surface area contributed by atoms with Gasteiger partial charge in [0.05, 0.1) is 12.5 Å². The molecule has 7 heteroatoms. The third-order valence-corrected chi connectivity index (χ3v) is 2.67. The molecule has 0 aliphatic rings. The molecular weight excluding hydrogens is 272 g/mol. The van der Waals surface area contributed by atoms with Crippen LogP contribution in [0.3, 0.4) is 0 Å². The highest BCUT2D eigenvalue weighted by molar-refractivity contribution is 5.94. The lowest BCUT2D eigenvalue weighted by Gasteiger charge is -2.18. The van der Waals surface area contributed by atoms with Crippen LogP contribution in [0.2, 0.25) is 0 Å². The highest BCUT2D eigenvalue weighted by Crippen LogP contribution is 2.26. The van der Waals surface area contributed by atoms with E-state index in [1.54, 1.807) is 0 Å². The van der Waals surface area contributed by atoms with Crippen molar-refractivity contribution in [3.8, 4) is 5.75 Å². The number of hydrogen-bond donors (Lipinski definition) is 2. The summed E-state index contributed by atoms with van der Waals surface area (Å²) in [5, 5.41) is 11.1. The monoisotopic (exact) mass is 287 g/mol. The highest BCUT2D eigenvalue weighted by atomic mass is 19.1. The van der Waals surface area contributed by atoms with Crippen molar-refractivity contribution >= 4 is 17.6 Å². The summed E-state index contributed by atoms with van der Waals surface area (Å²) in [5.41, 5.74) is -1.37. The van der Waals surface area contributed by atoms with Gasteiger partial charge in [0.1, 0.15) is 0 Å². The first-order valence-corrected chi connectivity index (χ1v) is 5.73. The number of carbonyl (C=O) groups is 2. The number of aliphatic carboxylic acids is 1. The third kappa shape index (κ3) is 3.66. The average molecular weight is 287 g/mol. The number of carboxylic acids is 1. The van der Waals surface area contributed by atoms with E-state index < -0.39 is 34.7 Å². The van der Waals surface area contributed by atoms with Crippen LogP contribution in [-0.2, 0) is 9.59 Å². The number of amides is 1. The smallest absolute Gasteiger partial charge is 0.309 e. The van der Waals surface area contributed by atoms with E-state index in [1.807, 2.05) is 0 Å². The van der Waals surface area contributed by atoms with E-state index in [0.29, 0.717) is 0 Å². The second-order valence-corrected chi connectivity index (χ2v) is 4.89. The maximum Gasteiger partial charge on any atom is 0.309 e. The highest BCUT2D eigenvalue weighted by Gasteiger charge is 2.30. The minimum atomic E-state index is -1.27. The fraction of sp³-hybridized carbons (Fsp3) is 0.385. The predicted octanol–water partition coefficient (Wildman–Crippen LogP) is 2.41. The SMILES string of the molecule is COc1c(F)cc(NC(=O)CC(C)(C)C(=O)O)cc1F. The molecule has 5 nitrogen and oxygen atoms in total. The summed E-state index contributed by atoms with van der Waals surface area (Å²) < 4.78 is 31.3. The van der Waals surface area contributed by atoms with Gasteiger partial charge in [-0.15, -0.1) is 0 Å². The summed E-state index contributed by atoms with van der Waals surface area (Å²) in [6.45, 7) is 2.76. The van der Waals surface area contributed by atoms with Crippen LogP contribution in [0.1, 0.15) is 20.3 Å². The quantitative estimate of drug-likeness (QED) is 0.872. The lowest BCUT2D eigenvalue weighted by atomic mass is 9.89. The Kier molecular flexibility index (Phi) is 4.65. The van der Waals surface area contributed by atoms with E-state index in [4.69, 9.17) is 5.11 Å². The molecule has 0 heterocycles. The van der Waals surface area contributed by atoms with Gasteiger partial charge >= 0.3 is 5.97 Å². The summed E-state index contributed by atoms with van der Waals surface area (Å²) in [5.74, 6) is -4.25. The van der Waals surface area contributed by atoms with E-state index in [0.717, 1.165) is 19.2 Å². The summed E-state index contributed by atoms with van der Waals surface area (Å²) in [6.07, 6.45) is -0.322. The van der Waals surface area contributed by atoms with Crippen LogP contribution < -0.4 is 10.1 Å². The molecule has 0 unspecified atom stereocenters. The molecule has 2 N–H and O–H groups in total. The molecule has 0 bridgehead atoms. The number of methoxy groups -OCH3 is 1. The normalized spacial score (nSPS) is 11.1. The van der Waals surface area contributed by atoms with Crippen molar-refractivity contribution in [1.29, 1.82) is 0 Å². The zero-order valence-corrected chi connectivity index (χ0v) is 11.3. The Morgan fingerprint density at radius 2 is 1.80 bits per heavy atom. The minimum Gasteiger partial charge on any atom is -0.491 e. The summed E-state index contributed by atoms with van der Waals surface area (Å²) in [7, 11) is 1.12. The Morgan fingerprint density at radius 1 is 1.30 bits per heavy atom. The topological polar surface area (TPSA) is 75.6 Å². The Labute approximate surface area is 114 Å². The molecule has 0 aliphatic heterocycles. The molecule has 20 heavy (non-hydrogen) atoms. The molecule has 1 aromatic carbocycles. The molecule has 0 atom stereocenters. The molecular formula is C13H15F2NO4. The Balaban J connectivity index is 2.85. The Morgan fingerprint density at radius 3 is 2.20 bits per heavy atom. The van der Waals surface area contributed by atoms with Gasteiger partial charge < -0.3 is 15.2 Å². The van der Waals surface area contributed by atoms with Gasteiger partial charge in [-0.05, 0) is 13.8 Å². The van der Waals surface area contributed by atoms with Crippen molar-refractivity contribution in [1.82, 2.24) is 0 Å². The molecule has 0 aromatic heterocycles. The molecule has 1 aromatic rings. The Bertz CT molecular complexity index is 520. The van der Waals surface area contributed by atoms with Gasteiger partial charge in [-0.25, -0.2) is 8.78 Å². The lowest BCUT2D eigenvalue weighted by molar-refractivity contribution is -0.148. The van der Waals surface area contributed by atoms with E-state index in [-0.39, 0.29) is 12.1 Å². The van der Waals surface area contributed by atoms with Crippen LogP contribution in [0.25, 0.3) is 0 Å². The van der Waals surface area contributed by atoms with Crippen LogP contribution in [0, 0.1) is 17.0 Å². The van der Waals surface area contributed by atoms with Crippen LogP contribution >= 0.6 is 0 Å². The van der Waals surface area contributed by atoms with Crippen LogP contribution in [0.15, 0.2) is 12.1 Å². The van der Waals surface area contributed by atoms with E-state index in [2.05, 4.69) is 10.1 Å². The molecule has 0 aliphatic carbocycles. The number of anilines is 1. The number of rotatable bonds is 5. The zero-order chi connectivity index (χ0) is 15.5. The first kappa shape index (κ1) is 15.9. The minimum absolute atomic E-state index is 0.105. The first-order chi connectivity index (χ1) is 9.17. The van der Waals surface area contributed by atoms with Gasteiger partial charge in [0.2, 0.25) is 5.91 Å². The van der Waals surface area contributed by atoms with Gasteiger partial charge in [0.25, 0.3) is 0 Å². The van der Waals surface area contributed by atoms with Gasteiger partial charge in [-0.2, -0.15) is 0 Å². The van der Waals surface area contributed by atoms with E-state index in [9.17, 15) is 18.4 Å². The summed E-state index contributed by atoms with van der Waals surface area (Å²) in [4.78, 5) is 22.5. The number of benzene rings is 1. The molecule has 110 valence electrons. The Hall–Kier alpha value is -2.18. The van der Waals surface area contributed by atoms with Crippen molar-refractivity contribution in [2.75, 3.05) is 12.4 Å². The number of carboxylic acid groups (broad SMARTS) is 1. The number of ether oxygens (including phenoxy) is 1. The van der Waals surface area contributed by atoms with Crippen molar-refractivity contribution in [3.63, 3.8) is 0 Å². The van der Waals surface area contributed by atoms with Crippen LogP contribution in [-0.4, -0.2) is 24.1 Å². The summed E-state index contributed by atoms with van der Waals surface area (Å²) >= 11 is 0. The summed E-state index contributed by atoms with van der Waals surface area (Å²) in [6, 6.07) is 1.79. The van der Waals surface area contributed by atoms with Crippen LogP contribution in [0.5, 0.6) is 5.75 Å². The maximum atomic E-state index is 13.4. The van der Waals surface area contributed by atoms with Crippen molar-refractivity contribution < 1.29 is 28.2 Å². The van der Waals surface area contributed by atoms with Crippen molar-refractivity contribution in [3.05, 3.63) is 23.8 Å². The molecule has 0 fully saturated rings. The number of hydrogen-bond acceptors (Lipinski definition) is 3. The lowest BCUT2D eigenvalue weighted by Crippen LogP contribution is -2.29. The number of halogens is 2. The van der Waals surface area contributed by atoms with Crippen molar-refractivity contribution in [2.24, 2.45) is 5.41 Å². The zero-order valence-electron chi connectivity index (χ0n) is 11.3. The second kappa shape index (κ2) is 5.85. The molecule has 1 amide bonds. The first-order valence-electron chi connectivity index (χ1n) is 5.73. The maximum absolute atomic E-state index is 13.4. The standard InChI is InChI=1S/C13H15F2NO4/c1-13(2,12(18)19)6-10(17)16-7-4-8(14)11(20-3)9(15)5-7/h4-5H,6H2,1-3H3,(H,16,17)(H,18,19). The van der Waals surface area contributed by atoms with Crippen LogP contribution in [0.4, 0.5) is 14.5 Å². The predicted molar refractivity (Wildman–Crippen MR) is 67.6 cm³/mol. The molecule has 0 radical (unpaired) electrons. The fourth-order valence-corrected chi connectivity index (χ4v) is 1.51. The molecule has 1 rings (SSSR count). The molecule has 0 spiro atoms. The molecule has 0 saturated carbocycles. The fourth-order valence-electron chi connectivity index (χ4n) is 1.51. The third-order valence-electron chi connectivity index (χ3n) is 2.67. The van der Waals surface area contributed by atoms with E-state index >= 15 is 0 Å². The van der Waals surface area contributed by atoms with Gasteiger partial charge in [-0.3, -0.25) is 9.59 Å².